The lowest BCUT2D eigenvalue weighted by atomic mass is 10.3. The molecule has 116 valence electrons. The number of hydrogen-bond acceptors (Lipinski definition) is 5. The first-order chi connectivity index (χ1) is 9.91. The fourth-order valence-electron chi connectivity index (χ4n) is 1.88. The van der Waals surface area contributed by atoms with E-state index < -0.39 is 10.0 Å². The number of hydrogen-bond donors (Lipinski definition) is 1. The van der Waals surface area contributed by atoms with Crippen LogP contribution < -0.4 is 5.32 Å². The number of furan rings is 1. The van der Waals surface area contributed by atoms with Gasteiger partial charge in [0.15, 0.2) is 0 Å². The first kappa shape index (κ1) is 16.2. The molecule has 0 saturated carbocycles. The molecule has 0 radical (unpaired) electrons. The molecule has 0 aliphatic rings. The second-order valence-corrected chi connectivity index (χ2v) is 8.15. The zero-order valence-electron chi connectivity index (χ0n) is 12.4. The molecule has 0 atom stereocenters. The van der Waals surface area contributed by atoms with Crippen LogP contribution in [0.5, 0.6) is 0 Å². The van der Waals surface area contributed by atoms with E-state index in [0.29, 0.717) is 24.0 Å². The van der Waals surface area contributed by atoms with Gasteiger partial charge in [-0.2, -0.15) is 4.31 Å². The van der Waals surface area contributed by atoms with Crippen LogP contribution in [0.2, 0.25) is 0 Å². The summed E-state index contributed by atoms with van der Waals surface area (Å²) in [4.78, 5) is 1.22. The Hall–Kier alpha value is -1.15. The third kappa shape index (κ3) is 3.94. The van der Waals surface area contributed by atoms with Crippen molar-refractivity contribution in [3.05, 3.63) is 40.5 Å². The summed E-state index contributed by atoms with van der Waals surface area (Å²) < 4.78 is 31.6. The van der Waals surface area contributed by atoms with Gasteiger partial charge >= 0.3 is 0 Å². The van der Waals surface area contributed by atoms with Gasteiger partial charge in [-0.3, -0.25) is 0 Å². The van der Waals surface area contributed by atoms with Gasteiger partial charge in [0.05, 0.1) is 17.4 Å². The molecule has 5 nitrogen and oxygen atoms in total. The largest absolute Gasteiger partial charge is 0.472 e. The van der Waals surface area contributed by atoms with Gasteiger partial charge < -0.3 is 9.73 Å². The third-order valence-corrected chi connectivity index (χ3v) is 5.99. The van der Waals surface area contributed by atoms with Crippen LogP contribution in [0.15, 0.2) is 39.4 Å². The van der Waals surface area contributed by atoms with Crippen LogP contribution in [0.4, 0.5) is 0 Å². The highest BCUT2D eigenvalue weighted by atomic mass is 32.2. The minimum Gasteiger partial charge on any atom is -0.472 e. The second-order valence-electron chi connectivity index (χ2n) is 5.14. The third-order valence-electron chi connectivity index (χ3n) is 3.05. The van der Waals surface area contributed by atoms with Gasteiger partial charge in [-0.15, -0.1) is 11.3 Å². The summed E-state index contributed by atoms with van der Waals surface area (Å²) in [6.45, 7) is 4.93. The molecule has 0 aliphatic heterocycles. The van der Waals surface area contributed by atoms with Gasteiger partial charge in [-0.05, 0) is 17.5 Å². The van der Waals surface area contributed by atoms with E-state index in [-0.39, 0.29) is 0 Å². The molecule has 0 amide bonds. The predicted octanol–water partition coefficient (Wildman–Crippen LogP) is 2.66. The zero-order chi connectivity index (χ0) is 15.5. The van der Waals surface area contributed by atoms with Crippen LogP contribution in [-0.4, -0.2) is 25.8 Å². The lowest BCUT2D eigenvalue weighted by molar-refractivity contribution is 0.462. The summed E-state index contributed by atoms with van der Waals surface area (Å²) in [5.74, 6) is 0. The number of nitrogens with zero attached hydrogens (tertiary/aromatic N) is 1. The molecule has 0 aliphatic carbocycles. The molecule has 0 fully saturated rings. The molecule has 0 spiro atoms. The summed E-state index contributed by atoms with van der Waals surface area (Å²) in [7, 11) is -1.91. The van der Waals surface area contributed by atoms with Crippen molar-refractivity contribution in [1.29, 1.82) is 0 Å². The van der Waals surface area contributed by atoms with Crippen molar-refractivity contribution >= 4 is 21.4 Å². The zero-order valence-corrected chi connectivity index (χ0v) is 14.0. The minimum atomic E-state index is -3.49. The topological polar surface area (TPSA) is 62.6 Å². The fourth-order valence-corrected chi connectivity index (χ4v) is 4.40. The van der Waals surface area contributed by atoms with Crippen LogP contribution in [0.3, 0.4) is 0 Å². The van der Waals surface area contributed by atoms with E-state index in [1.54, 1.807) is 31.7 Å². The normalized spacial score (nSPS) is 12.4. The van der Waals surface area contributed by atoms with Gasteiger partial charge in [0.2, 0.25) is 10.0 Å². The molecule has 1 N–H and O–H groups in total. The van der Waals surface area contributed by atoms with Crippen LogP contribution >= 0.6 is 11.3 Å². The van der Waals surface area contributed by atoms with E-state index in [0.717, 1.165) is 10.4 Å². The Kier molecular flexibility index (Phi) is 5.21. The highest BCUT2D eigenvalue weighted by molar-refractivity contribution is 7.89. The lowest BCUT2D eigenvalue weighted by Gasteiger charge is -2.17. The maximum absolute atomic E-state index is 12.7. The molecule has 2 heterocycles. The molecule has 2 aromatic heterocycles. The molecule has 0 unspecified atom stereocenters. The average Bonchev–Trinajstić information content (AvgIpc) is 3.06. The highest BCUT2D eigenvalue weighted by Gasteiger charge is 2.25. The summed E-state index contributed by atoms with van der Waals surface area (Å²) in [6, 6.07) is 3.75. The first-order valence-corrected chi connectivity index (χ1v) is 9.00. The fraction of sp³-hybridized carbons (Fsp3) is 0.429. The van der Waals surface area contributed by atoms with Gasteiger partial charge in [0.25, 0.3) is 0 Å². The molecular weight excluding hydrogens is 308 g/mol. The Morgan fingerprint density at radius 3 is 2.76 bits per heavy atom. The maximum Gasteiger partial charge on any atom is 0.244 e. The van der Waals surface area contributed by atoms with Gasteiger partial charge in [-0.1, -0.05) is 13.8 Å². The van der Waals surface area contributed by atoms with Gasteiger partial charge in [-0.25, -0.2) is 8.42 Å². The SMILES string of the molecule is CC(C)NCc1sccc1S(=O)(=O)N(C)Cc1ccoc1. The summed E-state index contributed by atoms with van der Waals surface area (Å²) in [5.41, 5.74) is 0.832. The predicted molar refractivity (Wildman–Crippen MR) is 83.7 cm³/mol. The van der Waals surface area contributed by atoms with E-state index in [1.165, 1.54) is 15.6 Å². The smallest absolute Gasteiger partial charge is 0.244 e. The van der Waals surface area contributed by atoms with Crippen LogP contribution in [0.25, 0.3) is 0 Å². The van der Waals surface area contributed by atoms with E-state index in [1.807, 2.05) is 19.2 Å². The minimum absolute atomic E-state index is 0.297. The number of rotatable bonds is 7. The van der Waals surface area contributed by atoms with Crippen molar-refractivity contribution in [1.82, 2.24) is 9.62 Å². The molecule has 0 bridgehead atoms. The van der Waals surface area contributed by atoms with E-state index in [9.17, 15) is 8.42 Å². The lowest BCUT2D eigenvalue weighted by Crippen LogP contribution is -2.28. The highest BCUT2D eigenvalue weighted by Crippen LogP contribution is 2.25. The van der Waals surface area contributed by atoms with E-state index >= 15 is 0 Å². The molecular formula is C14H20N2O3S2. The van der Waals surface area contributed by atoms with E-state index in [2.05, 4.69) is 5.32 Å². The Morgan fingerprint density at radius 1 is 1.38 bits per heavy atom. The average molecular weight is 328 g/mol. The quantitative estimate of drug-likeness (QED) is 0.849. The standard InChI is InChI=1S/C14H20N2O3S2/c1-11(2)15-8-13-14(5-7-20-13)21(17,18)16(3)9-12-4-6-19-10-12/h4-7,10-11,15H,8-9H2,1-3H3. The Morgan fingerprint density at radius 2 is 2.14 bits per heavy atom. The Balaban J connectivity index is 2.17. The van der Waals surface area contributed by atoms with Crippen molar-refractivity contribution in [3.63, 3.8) is 0 Å². The monoisotopic (exact) mass is 328 g/mol. The Labute approximate surface area is 129 Å². The van der Waals surface area contributed by atoms with Crippen LogP contribution in [-0.2, 0) is 23.1 Å². The summed E-state index contributed by atoms with van der Waals surface area (Å²) in [5, 5.41) is 5.07. The maximum atomic E-state index is 12.7. The van der Waals surface area contributed by atoms with Crippen molar-refractivity contribution in [2.24, 2.45) is 0 Å². The second kappa shape index (κ2) is 6.74. The summed E-state index contributed by atoms with van der Waals surface area (Å²) in [6.07, 6.45) is 3.10. The van der Waals surface area contributed by atoms with E-state index in [4.69, 9.17) is 4.42 Å². The van der Waals surface area contributed by atoms with Gasteiger partial charge in [0, 0.05) is 36.6 Å². The molecule has 2 aromatic rings. The molecule has 7 heteroatoms. The van der Waals surface area contributed by atoms with Crippen molar-refractivity contribution in [3.8, 4) is 0 Å². The van der Waals surface area contributed by atoms with Crippen molar-refractivity contribution in [2.45, 2.75) is 37.9 Å². The molecule has 21 heavy (non-hydrogen) atoms. The molecule has 0 saturated heterocycles. The summed E-state index contributed by atoms with van der Waals surface area (Å²) >= 11 is 1.46. The number of nitrogens with one attached hydrogen (secondary N) is 1. The first-order valence-electron chi connectivity index (χ1n) is 6.68. The van der Waals surface area contributed by atoms with Crippen LogP contribution in [0.1, 0.15) is 24.3 Å². The molecule has 2 rings (SSSR count). The molecule has 0 aromatic carbocycles. The van der Waals surface area contributed by atoms with Gasteiger partial charge in [0.1, 0.15) is 0 Å². The van der Waals surface area contributed by atoms with Crippen molar-refractivity contribution in [2.75, 3.05) is 7.05 Å². The number of sulfonamides is 1. The number of thiophene rings is 1. The Bertz CT molecular complexity index is 660. The van der Waals surface area contributed by atoms with Crippen molar-refractivity contribution < 1.29 is 12.8 Å². The van der Waals surface area contributed by atoms with Crippen LogP contribution in [0, 0.1) is 0 Å².